The second kappa shape index (κ2) is 8.95. The number of carbonyl (C=O) groups excluding carboxylic acids is 2. The van der Waals surface area contributed by atoms with Crippen LogP contribution in [-0.4, -0.2) is 31.3 Å². The van der Waals surface area contributed by atoms with Gasteiger partial charge < -0.3 is 15.6 Å². The molecule has 0 bridgehead atoms. The highest BCUT2D eigenvalue weighted by Crippen LogP contribution is 2.20. The lowest BCUT2D eigenvalue weighted by molar-refractivity contribution is -0.118. The van der Waals surface area contributed by atoms with E-state index in [0.29, 0.717) is 10.6 Å². The molecular formula is C22H20N4O4S2. The van der Waals surface area contributed by atoms with Crippen LogP contribution in [0.15, 0.2) is 77.1 Å². The minimum absolute atomic E-state index is 0.0585. The zero-order valence-corrected chi connectivity index (χ0v) is 18.4. The molecule has 1 atom stereocenters. The number of sulfonamides is 1. The normalized spacial score (nSPS) is 12.4. The Morgan fingerprint density at radius 2 is 1.78 bits per heavy atom. The van der Waals surface area contributed by atoms with Crippen LogP contribution in [-0.2, 0) is 21.2 Å². The van der Waals surface area contributed by atoms with Gasteiger partial charge in [-0.05, 0) is 47.3 Å². The summed E-state index contributed by atoms with van der Waals surface area (Å²) in [6, 6.07) is 15.8. The Kier molecular flexibility index (Phi) is 6.08. The average Bonchev–Trinajstić information content (AvgIpc) is 3.43. The van der Waals surface area contributed by atoms with Crippen LogP contribution in [0.1, 0.15) is 15.2 Å². The molecule has 0 spiro atoms. The molecule has 2 aromatic carbocycles. The molecule has 0 aliphatic heterocycles. The maximum absolute atomic E-state index is 13.1. The van der Waals surface area contributed by atoms with Crippen molar-refractivity contribution in [1.82, 2.24) is 10.3 Å². The van der Waals surface area contributed by atoms with Gasteiger partial charge in [0.25, 0.3) is 5.91 Å². The number of nitrogens with two attached hydrogens (primary N) is 1. The molecule has 2 heterocycles. The zero-order valence-electron chi connectivity index (χ0n) is 16.7. The van der Waals surface area contributed by atoms with Crippen LogP contribution in [0.2, 0.25) is 0 Å². The monoisotopic (exact) mass is 468 g/mol. The second-order valence-electron chi connectivity index (χ2n) is 7.13. The van der Waals surface area contributed by atoms with E-state index in [4.69, 9.17) is 5.14 Å². The third-order valence-corrected chi connectivity index (χ3v) is 6.71. The maximum atomic E-state index is 13.1. The van der Waals surface area contributed by atoms with Crippen molar-refractivity contribution in [3.05, 3.63) is 82.7 Å². The molecule has 0 saturated heterocycles. The Labute approximate surface area is 188 Å². The van der Waals surface area contributed by atoms with Crippen molar-refractivity contribution in [3.63, 3.8) is 0 Å². The number of hydrogen-bond acceptors (Lipinski definition) is 5. The molecule has 10 heteroatoms. The lowest BCUT2D eigenvalue weighted by Crippen LogP contribution is -2.45. The van der Waals surface area contributed by atoms with E-state index in [0.717, 1.165) is 16.5 Å². The van der Waals surface area contributed by atoms with Crippen molar-refractivity contribution in [2.75, 3.05) is 5.32 Å². The summed E-state index contributed by atoms with van der Waals surface area (Å²) >= 11 is 1.28. The SMILES string of the molecule is NS(=O)(=O)c1ccc(NC(=O)[C@@H](Cc2c[nH]c3ccccc23)NC(=O)c2cccs2)cc1. The molecule has 0 aliphatic rings. The molecule has 164 valence electrons. The maximum Gasteiger partial charge on any atom is 0.262 e. The lowest BCUT2D eigenvalue weighted by atomic mass is 10.0. The number of H-pyrrole nitrogens is 1. The van der Waals surface area contributed by atoms with Gasteiger partial charge in [0.05, 0.1) is 9.77 Å². The van der Waals surface area contributed by atoms with E-state index in [1.807, 2.05) is 30.5 Å². The number of benzene rings is 2. The highest BCUT2D eigenvalue weighted by Gasteiger charge is 2.24. The first-order chi connectivity index (χ1) is 15.3. The van der Waals surface area contributed by atoms with Gasteiger partial charge in [-0.1, -0.05) is 24.3 Å². The Bertz CT molecular complexity index is 1360. The molecule has 2 aromatic heterocycles. The summed E-state index contributed by atoms with van der Waals surface area (Å²) in [5, 5.41) is 13.4. The Balaban J connectivity index is 1.57. The molecule has 0 aliphatic carbocycles. The molecular weight excluding hydrogens is 448 g/mol. The summed E-state index contributed by atoms with van der Waals surface area (Å²) in [5.41, 5.74) is 2.21. The Hall–Kier alpha value is -3.47. The number of thiophene rings is 1. The molecule has 32 heavy (non-hydrogen) atoms. The number of aromatic nitrogens is 1. The predicted octanol–water partition coefficient (Wildman–Crippen LogP) is 2.86. The second-order valence-corrected chi connectivity index (χ2v) is 9.63. The summed E-state index contributed by atoms with van der Waals surface area (Å²) < 4.78 is 22.9. The third kappa shape index (κ3) is 4.88. The first kappa shape index (κ1) is 21.8. The van der Waals surface area contributed by atoms with Crippen LogP contribution in [0.5, 0.6) is 0 Å². The number of fused-ring (bicyclic) bond motifs is 1. The number of nitrogens with one attached hydrogen (secondary N) is 3. The molecule has 0 saturated carbocycles. The quantitative estimate of drug-likeness (QED) is 0.332. The highest BCUT2D eigenvalue weighted by atomic mass is 32.2. The number of amides is 2. The van der Waals surface area contributed by atoms with Crippen LogP contribution in [0, 0.1) is 0 Å². The van der Waals surface area contributed by atoms with Crippen LogP contribution in [0.4, 0.5) is 5.69 Å². The van der Waals surface area contributed by atoms with E-state index in [2.05, 4.69) is 15.6 Å². The van der Waals surface area contributed by atoms with Crippen molar-refractivity contribution in [1.29, 1.82) is 0 Å². The lowest BCUT2D eigenvalue weighted by Gasteiger charge is -2.18. The summed E-state index contributed by atoms with van der Waals surface area (Å²) in [6.07, 6.45) is 2.09. The fourth-order valence-corrected chi connectivity index (χ4v) is 4.47. The standard InChI is InChI=1S/C22H20N4O4S2/c23-32(29,30)16-9-7-15(8-10-16)25-21(27)19(26-22(28)20-6-3-11-31-20)12-14-13-24-18-5-2-1-4-17(14)18/h1-11,13,19,24H,12H2,(H,25,27)(H,26,28)(H2,23,29,30)/t19-/m1/s1. The van der Waals surface area contributed by atoms with Gasteiger partial charge in [0, 0.05) is 29.2 Å². The summed E-state index contributed by atoms with van der Waals surface area (Å²) in [6.45, 7) is 0. The van der Waals surface area contributed by atoms with Crippen molar-refractivity contribution >= 4 is 49.8 Å². The molecule has 0 radical (unpaired) electrons. The average molecular weight is 469 g/mol. The zero-order chi connectivity index (χ0) is 22.7. The van der Waals surface area contributed by atoms with E-state index in [1.54, 1.807) is 17.5 Å². The van der Waals surface area contributed by atoms with Crippen molar-refractivity contribution in [2.24, 2.45) is 5.14 Å². The van der Waals surface area contributed by atoms with Gasteiger partial charge in [-0.25, -0.2) is 13.6 Å². The van der Waals surface area contributed by atoms with Gasteiger partial charge >= 0.3 is 0 Å². The van der Waals surface area contributed by atoms with Gasteiger partial charge in [0.1, 0.15) is 6.04 Å². The van der Waals surface area contributed by atoms with E-state index < -0.39 is 22.0 Å². The molecule has 0 unspecified atom stereocenters. The first-order valence-electron chi connectivity index (χ1n) is 9.64. The van der Waals surface area contributed by atoms with Gasteiger partial charge in [0.15, 0.2) is 0 Å². The number of carbonyl (C=O) groups is 2. The summed E-state index contributed by atoms with van der Waals surface area (Å²) in [5.74, 6) is -0.770. The van der Waals surface area contributed by atoms with Crippen molar-refractivity contribution in [2.45, 2.75) is 17.4 Å². The molecule has 4 aromatic rings. The predicted molar refractivity (Wildman–Crippen MR) is 124 cm³/mol. The van der Waals surface area contributed by atoms with E-state index in [9.17, 15) is 18.0 Å². The molecule has 4 rings (SSSR count). The van der Waals surface area contributed by atoms with Crippen LogP contribution < -0.4 is 15.8 Å². The summed E-state index contributed by atoms with van der Waals surface area (Å²) in [4.78, 5) is 29.4. The number of hydrogen-bond donors (Lipinski definition) is 4. The minimum Gasteiger partial charge on any atom is -0.361 e. The molecule has 0 fully saturated rings. The van der Waals surface area contributed by atoms with E-state index in [1.165, 1.54) is 35.6 Å². The summed E-state index contributed by atoms with van der Waals surface area (Å²) in [7, 11) is -3.83. The molecule has 5 N–H and O–H groups in total. The molecule has 2 amide bonds. The number of aromatic amines is 1. The fraction of sp³-hybridized carbons (Fsp3) is 0.0909. The van der Waals surface area contributed by atoms with Gasteiger partial charge in [-0.3, -0.25) is 9.59 Å². The fourth-order valence-electron chi connectivity index (χ4n) is 3.32. The third-order valence-electron chi connectivity index (χ3n) is 4.92. The van der Waals surface area contributed by atoms with Gasteiger partial charge in [-0.15, -0.1) is 11.3 Å². The molecule has 8 nitrogen and oxygen atoms in total. The number of primary sulfonamides is 1. The van der Waals surface area contributed by atoms with E-state index in [-0.39, 0.29) is 17.2 Å². The van der Waals surface area contributed by atoms with Gasteiger partial charge in [0.2, 0.25) is 15.9 Å². The van der Waals surface area contributed by atoms with Crippen LogP contribution >= 0.6 is 11.3 Å². The largest absolute Gasteiger partial charge is 0.361 e. The minimum atomic E-state index is -3.83. The Morgan fingerprint density at radius 1 is 1.03 bits per heavy atom. The van der Waals surface area contributed by atoms with Crippen LogP contribution in [0.25, 0.3) is 10.9 Å². The topological polar surface area (TPSA) is 134 Å². The van der Waals surface area contributed by atoms with E-state index >= 15 is 0 Å². The Morgan fingerprint density at radius 3 is 2.47 bits per heavy atom. The number of anilines is 1. The van der Waals surface area contributed by atoms with Crippen LogP contribution in [0.3, 0.4) is 0 Å². The van der Waals surface area contributed by atoms with Crippen molar-refractivity contribution < 1.29 is 18.0 Å². The number of para-hydroxylation sites is 1. The number of rotatable bonds is 7. The van der Waals surface area contributed by atoms with Gasteiger partial charge in [-0.2, -0.15) is 0 Å². The van der Waals surface area contributed by atoms with Crippen molar-refractivity contribution in [3.8, 4) is 0 Å². The smallest absolute Gasteiger partial charge is 0.262 e. The first-order valence-corrected chi connectivity index (χ1v) is 12.1. The highest BCUT2D eigenvalue weighted by molar-refractivity contribution is 7.89.